The van der Waals surface area contributed by atoms with Crippen molar-refractivity contribution in [3.8, 4) is 5.75 Å². The molecule has 21 heavy (non-hydrogen) atoms. The highest BCUT2D eigenvalue weighted by Crippen LogP contribution is 2.22. The number of halogens is 2. The monoisotopic (exact) mass is 321 g/mol. The molecule has 2 aromatic carbocycles. The molecule has 1 N–H and O–H groups in total. The highest BCUT2D eigenvalue weighted by Gasteiger charge is 2.01. The molecule has 0 aromatic heterocycles. The molecule has 3 nitrogen and oxygen atoms in total. The maximum Gasteiger partial charge on any atom is 0.248 e. The molecule has 0 saturated heterocycles. The number of amides is 1. The lowest BCUT2D eigenvalue weighted by Crippen LogP contribution is -2.07. The molecule has 0 heterocycles. The molecule has 0 aliphatic carbocycles. The van der Waals surface area contributed by atoms with Crippen molar-refractivity contribution in [2.45, 2.75) is 0 Å². The number of methoxy groups -OCH3 is 1. The van der Waals surface area contributed by atoms with Crippen LogP contribution in [0.15, 0.2) is 48.5 Å². The Bertz CT molecular complexity index is 684. The topological polar surface area (TPSA) is 38.3 Å². The quantitative estimate of drug-likeness (QED) is 0.832. The standard InChI is InChI=1S/C16H13Cl2NO2/c1-21-14-4-2-3-13(10-14)19-16(20)8-6-11-5-7-12(17)9-15(11)18/h2-10H,1H3,(H,19,20)/b8-6+. The van der Waals surface area contributed by atoms with E-state index in [2.05, 4.69) is 5.32 Å². The molecule has 1 amide bonds. The normalized spacial score (nSPS) is 10.6. The van der Waals surface area contributed by atoms with Gasteiger partial charge in [0.2, 0.25) is 5.91 Å². The predicted octanol–water partition coefficient (Wildman–Crippen LogP) is 4.65. The first-order chi connectivity index (χ1) is 10.1. The Kier molecular flexibility index (Phi) is 5.26. The number of benzene rings is 2. The number of carbonyl (C=O) groups excluding carboxylic acids is 1. The van der Waals surface area contributed by atoms with E-state index in [1.54, 1.807) is 55.7 Å². The van der Waals surface area contributed by atoms with Crippen LogP contribution in [0.3, 0.4) is 0 Å². The third-order valence-corrected chi connectivity index (χ3v) is 3.28. The van der Waals surface area contributed by atoms with E-state index in [-0.39, 0.29) is 5.91 Å². The van der Waals surface area contributed by atoms with Crippen LogP contribution in [0.1, 0.15) is 5.56 Å². The van der Waals surface area contributed by atoms with Gasteiger partial charge < -0.3 is 10.1 Å². The van der Waals surface area contributed by atoms with Crippen LogP contribution in [0.4, 0.5) is 5.69 Å². The Morgan fingerprint density at radius 3 is 2.71 bits per heavy atom. The van der Waals surface area contributed by atoms with Gasteiger partial charge in [-0.15, -0.1) is 0 Å². The van der Waals surface area contributed by atoms with Gasteiger partial charge in [0, 0.05) is 27.9 Å². The van der Waals surface area contributed by atoms with Crippen molar-refractivity contribution < 1.29 is 9.53 Å². The van der Waals surface area contributed by atoms with Crippen molar-refractivity contribution in [2.24, 2.45) is 0 Å². The number of carbonyl (C=O) groups is 1. The molecule has 0 aliphatic heterocycles. The molecule has 0 aliphatic rings. The van der Waals surface area contributed by atoms with Crippen molar-refractivity contribution in [3.05, 3.63) is 64.1 Å². The second-order valence-electron chi connectivity index (χ2n) is 4.22. The molecule has 0 spiro atoms. The summed E-state index contributed by atoms with van der Waals surface area (Å²) in [6.45, 7) is 0. The van der Waals surface area contributed by atoms with Crippen LogP contribution in [0.5, 0.6) is 5.75 Å². The average Bonchev–Trinajstić information content (AvgIpc) is 2.46. The summed E-state index contributed by atoms with van der Waals surface area (Å²) in [5.74, 6) is 0.423. The van der Waals surface area contributed by atoms with E-state index in [4.69, 9.17) is 27.9 Å². The van der Waals surface area contributed by atoms with Crippen LogP contribution in [-0.2, 0) is 4.79 Å². The van der Waals surface area contributed by atoms with E-state index < -0.39 is 0 Å². The first-order valence-electron chi connectivity index (χ1n) is 6.16. The average molecular weight is 322 g/mol. The molecule has 108 valence electrons. The Balaban J connectivity index is 2.05. The maximum absolute atomic E-state index is 11.9. The molecular formula is C16H13Cl2NO2. The Morgan fingerprint density at radius 2 is 2.00 bits per heavy atom. The van der Waals surface area contributed by atoms with Crippen LogP contribution >= 0.6 is 23.2 Å². The molecule has 0 radical (unpaired) electrons. The smallest absolute Gasteiger partial charge is 0.248 e. The lowest BCUT2D eigenvalue weighted by Gasteiger charge is -2.04. The zero-order valence-electron chi connectivity index (χ0n) is 11.3. The van der Waals surface area contributed by atoms with Gasteiger partial charge in [0.15, 0.2) is 0 Å². The summed E-state index contributed by atoms with van der Waals surface area (Å²) in [5, 5.41) is 3.79. The Labute approximate surface area is 133 Å². The highest BCUT2D eigenvalue weighted by molar-refractivity contribution is 6.35. The molecule has 5 heteroatoms. The fourth-order valence-corrected chi connectivity index (χ4v) is 2.16. The predicted molar refractivity (Wildman–Crippen MR) is 87.1 cm³/mol. The summed E-state index contributed by atoms with van der Waals surface area (Å²) < 4.78 is 5.09. The zero-order chi connectivity index (χ0) is 15.2. The minimum Gasteiger partial charge on any atom is -0.497 e. The molecule has 0 atom stereocenters. The van der Waals surface area contributed by atoms with Crippen LogP contribution in [0, 0.1) is 0 Å². The lowest BCUT2D eigenvalue weighted by molar-refractivity contribution is -0.111. The molecule has 0 unspecified atom stereocenters. The second kappa shape index (κ2) is 7.16. The van der Waals surface area contributed by atoms with Crippen molar-refractivity contribution in [1.29, 1.82) is 0 Å². The van der Waals surface area contributed by atoms with Gasteiger partial charge in [0.1, 0.15) is 5.75 Å². The van der Waals surface area contributed by atoms with Gasteiger partial charge >= 0.3 is 0 Å². The number of hydrogen-bond donors (Lipinski definition) is 1. The SMILES string of the molecule is COc1cccc(NC(=O)/C=C/c2ccc(Cl)cc2Cl)c1. The van der Waals surface area contributed by atoms with Gasteiger partial charge in [-0.1, -0.05) is 35.3 Å². The third kappa shape index (κ3) is 4.52. The molecule has 0 fully saturated rings. The third-order valence-electron chi connectivity index (χ3n) is 2.71. The van der Waals surface area contributed by atoms with Gasteiger partial charge in [-0.25, -0.2) is 0 Å². The van der Waals surface area contributed by atoms with E-state index >= 15 is 0 Å². The first-order valence-corrected chi connectivity index (χ1v) is 6.92. The van der Waals surface area contributed by atoms with E-state index in [1.165, 1.54) is 6.08 Å². The van der Waals surface area contributed by atoms with Gasteiger partial charge in [-0.05, 0) is 35.9 Å². The van der Waals surface area contributed by atoms with Crippen LogP contribution in [-0.4, -0.2) is 13.0 Å². The number of ether oxygens (including phenoxy) is 1. The number of nitrogens with one attached hydrogen (secondary N) is 1. The zero-order valence-corrected chi connectivity index (χ0v) is 12.8. The van der Waals surface area contributed by atoms with Gasteiger partial charge in [-0.2, -0.15) is 0 Å². The molecule has 2 rings (SSSR count). The summed E-state index contributed by atoms with van der Waals surface area (Å²) >= 11 is 11.8. The first kappa shape index (κ1) is 15.4. The van der Waals surface area contributed by atoms with Gasteiger partial charge in [-0.3, -0.25) is 4.79 Å². The van der Waals surface area contributed by atoms with Gasteiger partial charge in [0.25, 0.3) is 0 Å². The van der Waals surface area contributed by atoms with Crippen molar-refractivity contribution in [2.75, 3.05) is 12.4 Å². The van der Waals surface area contributed by atoms with E-state index in [0.717, 1.165) is 5.56 Å². The van der Waals surface area contributed by atoms with Crippen molar-refractivity contribution in [3.63, 3.8) is 0 Å². The fraction of sp³-hybridized carbons (Fsp3) is 0.0625. The highest BCUT2D eigenvalue weighted by atomic mass is 35.5. The molecule has 2 aromatic rings. The second-order valence-corrected chi connectivity index (χ2v) is 5.06. The molecule has 0 bridgehead atoms. The van der Waals surface area contributed by atoms with E-state index in [0.29, 0.717) is 21.5 Å². The lowest BCUT2D eigenvalue weighted by atomic mass is 10.2. The number of anilines is 1. The summed E-state index contributed by atoms with van der Waals surface area (Å²) in [4.78, 5) is 11.9. The Hall–Kier alpha value is -1.97. The number of rotatable bonds is 4. The summed E-state index contributed by atoms with van der Waals surface area (Å²) in [6, 6.07) is 12.2. The summed E-state index contributed by atoms with van der Waals surface area (Å²) in [6.07, 6.45) is 3.04. The minimum absolute atomic E-state index is 0.255. The number of hydrogen-bond acceptors (Lipinski definition) is 2. The van der Waals surface area contributed by atoms with Crippen molar-refractivity contribution in [1.82, 2.24) is 0 Å². The van der Waals surface area contributed by atoms with Gasteiger partial charge in [0.05, 0.1) is 7.11 Å². The van der Waals surface area contributed by atoms with Crippen LogP contribution in [0.25, 0.3) is 6.08 Å². The van der Waals surface area contributed by atoms with Crippen molar-refractivity contribution >= 4 is 40.9 Å². The molecular weight excluding hydrogens is 309 g/mol. The largest absolute Gasteiger partial charge is 0.497 e. The van der Waals surface area contributed by atoms with Crippen LogP contribution in [0.2, 0.25) is 10.0 Å². The summed E-state index contributed by atoms with van der Waals surface area (Å²) in [7, 11) is 1.57. The van der Waals surface area contributed by atoms with Crippen LogP contribution < -0.4 is 10.1 Å². The van der Waals surface area contributed by atoms with E-state index in [9.17, 15) is 4.79 Å². The maximum atomic E-state index is 11.9. The fourth-order valence-electron chi connectivity index (χ4n) is 1.69. The molecule has 0 saturated carbocycles. The summed E-state index contributed by atoms with van der Waals surface area (Å²) in [5.41, 5.74) is 1.38. The Morgan fingerprint density at radius 1 is 1.19 bits per heavy atom. The minimum atomic E-state index is -0.255. The van der Waals surface area contributed by atoms with E-state index in [1.807, 2.05) is 0 Å².